The van der Waals surface area contributed by atoms with E-state index >= 15 is 0 Å². The highest BCUT2D eigenvalue weighted by Crippen LogP contribution is 2.12. The van der Waals surface area contributed by atoms with Gasteiger partial charge in [-0.25, -0.2) is 4.79 Å². The Balaban J connectivity index is 1.99. The SMILES string of the molecule is CC1CN(C(=O)/C=C/c2ccc(C(=O)O)cc2)CC(C)O1. The van der Waals surface area contributed by atoms with Gasteiger partial charge in [-0.2, -0.15) is 0 Å². The molecule has 21 heavy (non-hydrogen) atoms. The summed E-state index contributed by atoms with van der Waals surface area (Å²) in [4.78, 5) is 24.6. The molecule has 0 radical (unpaired) electrons. The Morgan fingerprint density at radius 1 is 1.19 bits per heavy atom. The Bertz CT molecular complexity index is 540. The number of nitrogens with zero attached hydrogens (tertiary/aromatic N) is 1. The smallest absolute Gasteiger partial charge is 0.335 e. The second-order valence-electron chi connectivity index (χ2n) is 5.26. The third kappa shape index (κ3) is 4.16. The van der Waals surface area contributed by atoms with Gasteiger partial charge in [0.05, 0.1) is 17.8 Å². The molecule has 0 aromatic heterocycles. The summed E-state index contributed by atoms with van der Waals surface area (Å²) in [5.74, 6) is -1.02. The summed E-state index contributed by atoms with van der Waals surface area (Å²) in [6.45, 7) is 5.07. The van der Waals surface area contributed by atoms with Crippen molar-refractivity contribution in [3.05, 3.63) is 41.5 Å². The highest BCUT2D eigenvalue weighted by molar-refractivity contribution is 5.92. The van der Waals surface area contributed by atoms with Crippen molar-refractivity contribution in [1.29, 1.82) is 0 Å². The van der Waals surface area contributed by atoms with Crippen molar-refractivity contribution >= 4 is 18.0 Å². The second-order valence-corrected chi connectivity index (χ2v) is 5.26. The van der Waals surface area contributed by atoms with Gasteiger partial charge in [0, 0.05) is 19.2 Å². The minimum atomic E-state index is -0.960. The lowest BCUT2D eigenvalue weighted by Gasteiger charge is -2.34. The van der Waals surface area contributed by atoms with Crippen LogP contribution in [0, 0.1) is 0 Å². The zero-order valence-electron chi connectivity index (χ0n) is 12.2. The fourth-order valence-electron chi connectivity index (χ4n) is 2.37. The minimum absolute atomic E-state index is 0.0425. The van der Waals surface area contributed by atoms with Crippen molar-refractivity contribution in [1.82, 2.24) is 4.90 Å². The standard InChI is InChI=1S/C16H19NO4/c1-11-9-17(10-12(2)21-11)15(18)8-5-13-3-6-14(7-4-13)16(19)20/h3-8,11-12H,9-10H2,1-2H3,(H,19,20)/b8-5+. The molecule has 1 aromatic rings. The highest BCUT2D eigenvalue weighted by Gasteiger charge is 2.24. The molecular formula is C16H19NO4. The third-order valence-corrected chi connectivity index (χ3v) is 3.31. The zero-order valence-corrected chi connectivity index (χ0v) is 12.2. The Kier molecular flexibility index (Phi) is 4.75. The van der Waals surface area contributed by atoms with Gasteiger partial charge in [-0.1, -0.05) is 12.1 Å². The van der Waals surface area contributed by atoms with E-state index in [1.165, 1.54) is 18.2 Å². The highest BCUT2D eigenvalue weighted by atomic mass is 16.5. The number of morpholine rings is 1. The fourth-order valence-corrected chi connectivity index (χ4v) is 2.37. The molecule has 1 amide bonds. The predicted octanol–water partition coefficient (Wildman–Crippen LogP) is 2.03. The van der Waals surface area contributed by atoms with Crippen LogP contribution in [0.1, 0.15) is 29.8 Å². The maximum Gasteiger partial charge on any atom is 0.335 e. The number of carbonyl (C=O) groups excluding carboxylic acids is 1. The van der Waals surface area contributed by atoms with E-state index in [1.54, 1.807) is 23.1 Å². The molecular weight excluding hydrogens is 270 g/mol. The van der Waals surface area contributed by atoms with Crippen molar-refractivity contribution in [2.45, 2.75) is 26.1 Å². The van der Waals surface area contributed by atoms with Crippen LogP contribution in [0.4, 0.5) is 0 Å². The van der Waals surface area contributed by atoms with E-state index in [9.17, 15) is 9.59 Å². The van der Waals surface area contributed by atoms with Crippen molar-refractivity contribution < 1.29 is 19.4 Å². The van der Waals surface area contributed by atoms with E-state index in [4.69, 9.17) is 9.84 Å². The van der Waals surface area contributed by atoms with Crippen LogP contribution >= 0.6 is 0 Å². The number of benzene rings is 1. The van der Waals surface area contributed by atoms with Crippen LogP contribution in [0.2, 0.25) is 0 Å². The van der Waals surface area contributed by atoms with Crippen LogP contribution < -0.4 is 0 Å². The van der Waals surface area contributed by atoms with Gasteiger partial charge < -0.3 is 14.7 Å². The predicted molar refractivity (Wildman–Crippen MR) is 79.0 cm³/mol. The summed E-state index contributed by atoms with van der Waals surface area (Å²) in [7, 11) is 0. The van der Waals surface area contributed by atoms with E-state index in [0.29, 0.717) is 13.1 Å². The number of ether oxygens (including phenoxy) is 1. The number of carboxylic acid groups (broad SMARTS) is 1. The number of hydrogen-bond donors (Lipinski definition) is 1. The summed E-state index contributed by atoms with van der Waals surface area (Å²) in [6, 6.07) is 6.40. The molecule has 5 nitrogen and oxygen atoms in total. The first-order valence-electron chi connectivity index (χ1n) is 6.91. The molecule has 2 unspecified atom stereocenters. The average molecular weight is 289 g/mol. The van der Waals surface area contributed by atoms with Crippen LogP contribution in [0.25, 0.3) is 6.08 Å². The molecule has 1 aliphatic rings. The number of carbonyl (C=O) groups is 2. The molecule has 1 aromatic carbocycles. The zero-order chi connectivity index (χ0) is 15.4. The summed E-state index contributed by atoms with van der Waals surface area (Å²) in [5.41, 5.74) is 1.03. The minimum Gasteiger partial charge on any atom is -0.478 e. The number of carboxylic acids is 1. The topological polar surface area (TPSA) is 66.8 Å². The summed E-state index contributed by atoms with van der Waals surface area (Å²) < 4.78 is 5.59. The van der Waals surface area contributed by atoms with E-state index in [1.807, 2.05) is 13.8 Å². The molecule has 0 aliphatic carbocycles. The van der Waals surface area contributed by atoms with Crippen molar-refractivity contribution in [2.24, 2.45) is 0 Å². The molecule has 2 rings (SSSR count). The van der Waals surface area contributed by atoms with Crippen molar-refractivity contribution in [3.63, 3.8) is 0 Å². The van der Waals surface area contributed by atoms with Gasteiger partial charge in [0.1, 0.15) is 0 Å². The summed E-state index contributed by atoms with van der Waals surface area (Å²) in [6.07, 6.45) is 3.29. The van der Waals surface area contributed by atoms with Gasteiger partial charge in [-0.15, -0.1) is 0 Å². The van der Waals surface area contributed by atoms with Crippen LogP contribution in [0.5, 0.6) is 0 Å². The average Bonchev–Trinajstić information content (AvgIpc) is 2.44. The Morgan fingerprint density at radius 3 is 2.29 bits per heavy atom. The quantitative estimate of drug-likeness (QED) is 0.865. The van der Waals surface area contributed by atoms with Gasteiger partial charge in [0.2, 0.25) is 5.91 Å². The molecule has 5 heteroatoms. The maximum absolute atomic E-state index is 12.1. The third-order valence-electron chi connectivity index (χ3n) is 3.31. The largest absolute Gasteiger partial charge is 0.478 e. The summed E-state index contributed by atoms with van der Waals surface area (Å²) in [5, 5.41) is 8.82. The molecule has 2 atom stereocenters. The molecule has 1 heterocycles. The van der Waals surface area contributed by atoms with Crippen molar-refractivity contribution in [2.75, 3.05) is 13.1 Å². The monoisotopic (exact) mass is 289 g/mol. The lowest BCUT2D eigenvalue weighted by Crippen LogP contribution is -2.47. The van der Waals surface area contributed by atoms with Gasteiger partial charge in [0.15, 0.2) is 0 Å². The first-order valence-corrected chi connectivity index (χ1v) is 6.91. The molecule has 0 spiro atoms. The van der Waals surface area contributed by atoms with E-state index < -0.39 is 5.97 Å². The Morgan fingerprint density at radius 2 is 1.76 bits per heavy atom. The summed E-state index contributed by atoms with van der Waals surface area (Å²) >= 11 is 0. The first kappa shape index (κ1) is 15.3. The van der Waals surface area contributed by atoms with Crippen LogP contribution in [0.15, 0.2) is 30.3 Å². The molecule has 1 saturated heterocycles. The molecule has 1 aliphatic heterocycles. The molecule has 1 N–H and O–H groups in total. The lowest BCUT2D eigenvalue weighted by atomic mass is 10.1. The van der Waals surface area contributed by atoms with Gasteiger partial charge in [-0.3, -0.25) is 4.79 Å². The fraction of sp³-hybridized carbons (Fsp3) is 0.375. The van der Waals surface area contributed by atoms with Crippen LogP contribution in [-0.2, 0) is 9.53 Å². The number of hydrogen-bond acceptors (Lipinski definition) is 3. The molecule has 112 valence electrons. The maximum atomic E-state index is 12.1. The normalized spacial score (nSPS) is 22.5. The number of rotatable bonds is 3. The number of aromatic carboxylic acids is 1. The first-order chi connectivity index (χ1) is 9.95. The molecule has 0 saturated carbocycles. The van der Waals surface area contributed by atoms with Gasteiger partial charge >= 0.3 is 5.97 Å². The van der Waals surface area contributed by atoms with Crippen LogP contribution in [-0.4, -0.2) is 47.2 Å². The number of amides is 1. The van der Waals surface area contributed by atoms with Gasteiger partial charge in [0.25, 0.3) is 0 Å². The van der Waals surface area contributed by atoms with Crippen LogP contribution in [0.3, 0.4) is 0 Å². The lowest BCUT2D eigenvalue weighted by molar-refractivity contribution is -0.137. The van der Waals surface area contributed by atoms with Crippen molar-refractivity contribution in [3.8, 4) is 0 Å². The van der Waals surface area contributed by atoms with Gasteiger partial charge in [-0.05, 0) is 37.6 Å². The van der Waals surface area contributed by atoms with E-state index in [2.05, 4.69) is 0 Å². The Hall–Kier alpha value is -2.14. The Labute approximate surface area is 123 Å². The molecule has 1 fully saturated rings. The second kappa shape index (κ2) is 6.54. The van der Waals surface area contributed by atoms with E-state index in [-0.39, 0.29) is 23.7 Å². The molecule has 0 bridgehead atoms. The van der Waals surface area contributed by atoms with E-state index in [0.717, 1.165) is 5.56 Å².